The Morgan fingerprint density at radius 1 is 0.889 bits per heavy atom. The van der Waals surface area contributed by atoms with Crippen molar-refractivity contribution in [3.63, 3.8) is 0 Å². The number of quaternary nitrogens is 1. The fraction of sp³-hybridized carbons (Fsp3) is 0.304. The average Bonchev–Trinajstić information content (AvgIpc) is 2.73. The molecule has 0 aromatic heterocycles. The molecule has 4 heteroatoms. The summed E-state index contributed by atoms with van der Waals surface area (Å²) in [5.41, 5.74) is 1.29. The van der Waals surface area contributed by atoms with Gasteiger partial charge in [0.25, 0.3) is 0 Å². The molecule has 140 valence electrons. The van der Waals surface area contributed by atoms with Crippen LogP contribution in [-0.2, 0) is 0 Å². The lowest BCUT2D eigenvalue weighted by Crippen LogP contribution is -3.16. The number of aliphatic hydroxyl groups is 1. The molecule has 0 spiro atoms. The van der Waals surface area contributed by atoms with Crippen molar-refractivity contribution in [2.45, 2.75) is 6.10 Å². The Hall–Kier alpha value is -2.56. The van der Waals surface area contributed by atoms with Gasteiger partial charge in [0.2, 0.25) is 0 Å². The molecule has 4 nitrogen and oxygen atoms in total. The third kappa shape index (κ3) is 4.59. The van der Waals surface area contributed by atoms with E-state index in [0.717, 1.165) is 43.9 Å². The van der Waals surface area contributed by atoms with Gasteiger partial charge in [-0.15, -0.1) is 0 Å². The van der Waals surface area contributed by atoms with Crippen molar-refractivity contribution >= 4 is 16.5 Å². The fourth-order valence-electron chi connectivity index (χ4n) is 3.77. The lowest BCUT2D eigenvalue weighted by molar-refractivity contribution is -0.903. The van der Waals surface area contributed by atoms with E-state index in [1.165, 1.54) is 16.0 Å². The summed E-state index contributed by atoms with van der Waals surface area (Å²) in [5, 5.41) is 12.8. The molecule has 4 rings (SSSR count). The highest BCUT2D eigenvalue weighted by Gasteiger charge is 2.22. The summed E-state index contributed by atoms with van der Waals surface area (Å²) in [5.74, 6) is 0.816. The molecule has 0 bridgehead atoms. The smallest absolute Gasteiger partial charge is 0.137 e. The number of ether oxygens (including phenoxy) is 1. The number of aliphatic hydroxyl groups excluding tert-OH is 1. The Balaban J connectivity index is 1.24. The van der Waals surface area contributed by atoms with Gasteiger partial charge < -0.3 is 19.6 Å². The second-order valence-electron chi connectivity index (χ2n) is 7.25. The third-order valence-electron chi connectivity index (χ3n) is 5.28. The molecule has 0 radical (unpaired) electrons. The Morgan fingerprint density at radius 3 is 2.37 bits per heavy atom. The van der Waals surface area contributed by atoms with Crippen LogP contribution in [0.2, 0.25) is 0 Å². The summed E-state index contributed by atoms with van der Waals surface area (Å²) in [7, 11) is 0. The van der Waals surface area contributed by atoms with E-state index in [-0.39, 0.29) is 0 Å². The average molecular weight is 363 g/mol. The zero-order valence-corrected chi connectivity index (χ0v) is 15.6. The van der Waals surface area contributed by atoms with E-state index < -0.39 is 6.10 Å². The van der Waals surface area contributed by atoms with Gasteiger partial charge in [-0.3, -0.25) is 0 Å². The SMILES string of the molecule is O[C@H](COc1ccc2ccccc2c1)C[NH+]1CCN(c2ccccc2)CC1. The maximum absolute atomic E-state index is 10.4. The predicted molar refractivity (Wildman–Crippen MR) is 110 cm³/mol. The summed E-state index contributed by atoms with van der Waals surface area (Å²) in [6.45, 7) is 5.21. The van der Waals surface area contributed by atoms with E-state index in [9.17, 15) is 5.11 Å². The van der Waals surface area contributed by atoms with E-state index in [4.69, 9.17) is 4.74 Å². The molecule has 0 aliphatic carbocycles. The van der Waals surface area contributed by atoms with Crippen LogP contribution in [0.15, 0.2) is 72.8 Å². The van der Waals surface area contributed by atoms with Crippen LogP contribution in [-0.4, -0.2) is 50.5 Å². The number of para-hydroxylation sites is 1. The molecule has 1 heterocycles. The first kappa shape index (κ1) is 17.8. The number of hydrogen-bond acceptors (Lipinski definition) is 3. The van der Waals surface area contributed by atoms with Crippen LogP contribution in [0.5, 0.6) is 5.75 Å². The lowest BCUT2D eigenvalue weighted by Gasteiger charge is -2.34. The highest BCUT2D eigenvalue weighted by Crippen LogP contribution is 2.20. The first-order chi connectivity index (χ1) is 13.3. The molecule has 0 amide bonds. The predicted octanol–water partition coefficient (Wildman–Crippen LogP) is 1.98. The molecule has 1 fully saturated rings. The number of hydrogen-bond donors (Lipinski definition) is 2. The molecule has 3 aromatic rings. The maximum Gasteiger partial charge on any atom is 0.137 e. The van der Waals surface area contributed by atoms with Gasteiger partial charge in [0.1, 0.15) is 25.0 Å². The lowest BCUT2D eigenvalue weighted by atomic mass is 10.1. The standard InChI is InChI=1S/C23H26N2O2/c26-22(18-27-23-11-10-19-6-4-5-7-20(19)16-23)17-24-12-14-25(15-13-24)21-8-2-1-3-9-21/h1-11,16,22,26H,12-15,17-18H2/p+1/t22-/m0/s1. The number of fused-ring (bicyclic) bond motifs is 1. The van der Waals surface area contributed by atoms with Crippen LogP contribution in [0.25, 0.3) is 10.8 Å². The second-order valence-corrected chi connectivity index (χ2v) is 7.25. The Bertz CT molecular complexity index is 860. The van der Waals surface area contributed by atoms with E-state index >= 15 is 0 Å². The van der Waals surface area contributed by atoms with Gasteiger partial charge in [0.15, 0.2) is 0 Å². The number of benzene rings is 3. The molecule has 1 atom stereocenters. The minimum Gasteiger partial charge on any atom is -0.491 e. The number of anilines is 1. The molecule has 1 aliphatic heterocycles. The van der Waals surface area contributed by atoms with Gasteiger partial charge in [-0.1, -0.05) is 48.5 Å². The monoisotopic (exact) mass is 363 g/mol. The highest BCUT2D eigenvalue weighted by atomic mass is 16.5. The topological polar surface area (TPSA) is 37.1 Å². The van der Waals surface area contributed by atoms with E-state index in [2.05, 4.69) is 53.4 Å². The molecule has 0 saturated carbocycles. The maximum atomic E-state index is 10.4. The molecule has 1 saturated heterocycles. The molecule has 1 aliphatic rings. The highest BCUT2D eigenvalue weighted by molar-refractivity contribution is 5.83. The van der Waals surface area contributed by atoms with Crippen LogP contribution < -0.4 is 14.5 Å². The summed E-state index contributed by atoms with van der Waals surface area (Å²) < 4.78 is 5.83. The second kappa shape index (κ2) is 8.42. The first-order valence-electron chi connectivity index (χ1n) is 9.71. The molecule has 27 heavy (non-hydrogen) atoms. The summed E-state index contributed by atoms with van der Waals surface area (Å²) in [4.78, 5) is 3.86. The van der Waals surface area contributed by atoms with Gasteiger partial charge in [0.05, 0.1) is 26.2 Å². The quantitative estimate of drug-likeness (QED) is 0.703. The Labute approximate surface area is 160 Å². The van der Waals surface area contributed by atoms with Crippen molar-refractivity contribution in [3.05, 3.63) is 72.8 Å². The Kier molecular flexibility index (Phi) is 5.56. The van der Waals surface area contributed by atoms with Gasteiger partial charge >= 0.3 is 0 Å². The summed E-state index contributed by atoms with van der Waals surface area (Å²) in [6, 6.07) is 24.9. The normalized spacial score (nSPS) is 16.4. The number of nitrogens with zero attached hydrogens (tertiary/aromatic N) is 1. The van der Waals surface area contributed by atoms with Crippen molar-refractivity contribution in [3.8, 4) is 5.75 Å². The molecular formula is C23H27N2O2+. The Morgan fingerprint density at radius 2 is 1.59 bits per heavy atom. The molecule has 0 unspecified atom stereocenters. The van der Waals surface area contributed by atoms with Gasteiger partial charge in [-0.2, -0.15) is 0 Å². The fourth-order valence-corrected chi connectivity index (χ4v) is 3.77. The minimum atomic E-state index is -0.449. The largest absolute Gasteiger partial charge is 0.491 e. The van der Waals surface area contributed by atoms with E-state index in [1.807, 2.05) is 24.3 Å². The molecule has 3 aromatic carbocycles. The number of nitrogens with one attached hydrogen (secondary N) is 1. The van der Waals surface area contributed by atoms with Crippen molar-refractivity contribution in [2.75, 3.05) is 44.2 Å². The summed E-state index contributed by atoms with van der Waals surface area (Å²) in [6.07, 6.45) is -0.449. The van der Waals surface area contributed by atoms with Crippen molar-refractivity contribution in [1.29, 1.82) is 0 Å². The zero-order chi connectivity index (χ0) is 18.5. The first-order valence-corrected chi connectivity index (χ1v) is 9.71. The molecular weight excluding hydrogens is 336 g/mol. The minimum absolute atomic E-state index is 0.338. The van der Waals surface area contributed by atoms with Crippen molar-refractivity contribution in [2.24, 2.45) is 0 Å². The van der Waals surface area contributed by atoms with Crippen LogP contribution in [0.4, 0.5) is 5.69 Å². The van der Waals surface area contributed by atoms with Crippen LogP contribution in [0.3, 0.4) is 0 Å². The number of rotatable bonds is 6. The van der Waals surface area contributed by atoms with Crippen LogP contribution >= 0.6 is 0 Å². The van der Waals surface area contributed by atoms with E-state index in [0.29, 0.717) is 6.61 Å². The third-order valence-corrected chi connectivity index (χ3v) is 5.28. The van der Waals surface area contributed by atoms with Gasteiger partial charge in [-0.25, -0.2) is 0 Å². The van der Waals surface area contributed by atoms with Crippen molar-refractivity contribution in [1.82, 2.24) is 0 Å². The van der Waals surface area contributed by atoms with Crippen molar-refractivity contribution < 1.29 is 14.7 Å². The van der Waals surface area contributed by atoms with Crippen LogP contribution in [0, 0.1) is 0 Å². The van der Waals surface area contributed by atoms with Gasteiger partial charge in [-0.05, 0) is 35.0 Å². The summed E-state index contributed by atoms with van der Waals surface area (Å²) >= 11 is 0. The van der Waals surface area contributed by atoms with Crippen LogP contribution in [0.1, 0.15) is 0 Å². The zero-order valence-electron chi connectivity index (χ0n) is 15.6. The van der Waals surface area contributed by atoms with E-state index in [1.54, 1.807) is 0 Å². The number of piperazine rings is 1. The van der Waals surface area contributed by atoms with Gasteiger partial charge in [0, 0.05) is 5.69 Å². The molecule has 2 N–H and O–H groups in total.